The molecule has 12 atom stereocenters. The average molecular weight is 1550 g/mol. The lowest BCUT2D eigenvalue weighted by molar-refractivity contribution is -0.257. The summed E-state index contributed by atoms with van der Waals surface area (Å²) < 4.78 is 51.0. The van der Waals surface area contributed by atoms with Gasteiger partial charge < -0.3 is 131 Å². The Morgan fingerprint density at radius 3 is 1.04 bits per heavy atom. The first kappa shape index (κ1) is 94.1. The molecule has 0 aromatic carbocycles. The SMILES string of the molecule is O=C(CCCCO[C@H]1C[C@@H](O)[C@@H](O)[C@@H](CO)O1)NCCCNC(=O)CCOCC(COCCC(=O)NCCCNC(=O)CCCCO[C@H]1C[C@@H](O)[C@@H](O)[C@@H](CO)O1)(COC(=O)NCCCNC(=O)CCCCO[C@H]1C[C@@H](O)[C@@H](O)[C@@H](CO)O1)NC(=O)CCCCCCCCCCC(=O)NCCN1C(=O)C=CC1=O. The molecule has 17 N–H and O–H groups in total. The third-order valence-electron chi connectivity index (χ3n) is 18.1. The van der Waals surface area contributed by atoms with Crippen LogP contribution in [0.15, 0.2) is 12.2 Å². The standard InChI is InChI=1S/C71H123N9O28/c81-43-52-67(96)49(84)40-64(106-52)102-35-12-9-19-55(87)72-27-15-29-75-59(91)25-38-100-46-71(79-61(93)22-8-6-4-2-1-3-5-7-18-58(90)77-33-34-80-62(94)23-24-63(80)95,48-105-70(99)78-32-17-31-74-57(89)21-11-14-37-104-66-42-51(86)69(98)54(45-83)108-66)47-101-39-26-60(92)76-30-16-28-73-56(88)20-10-13-36-103-65-41-50(85)68(97)53(44-82)107-65/h23-24,49-54,64-69,81-86,96-98H,1-22,25-48H2,(H,72,87)(H,73,88)(H,74,89)(H,75,91)(H,76,92)(H,77,90)(H,78,99)(H,79,93)/t49-,50-,51-,52-,53-,54-,64-,65-,66-,67-,68-,69-/m1/s1. The highest BCUT2D eigenvalue weighted by atomic mass is 16.7. The van der Waals surface area contributed by atoms with Crippen LogP contribution in [0.1, 0.15) is 173 Å². The van der Waals surface area contributed by atoms with Crippen LogP contribution in [0.4, 0.5) is 4.79 Å². The molecule has 4 rings (SSSR count). The maximum Gasteiger partial charge on any atom is 0.407 e. The van der Waals surface area contributed by atoms with E-state index in [1.165, 1.54) is 12.2 Å². The smallest absolute Gasteiger partial charge is 0.407 e. The maximum atomic E-state index is 13.9. The second kappa shape index (κ2) is 56.0. The Bertz CT molecular complexity index is 2550. The molecule has 108 heavy (non-hydrogen) atoms. The lowest BCUT2D eigenvalue weighted by atomic mass is 10.0. The molecule has 620 valence electrons. The van der Waals surface area contributed by atoms with Crippen molar-refractivity contribution in [1.82, 2.24) is 47.4 Å². The number of carbonyl (C=O) groups is 10. The van der Waals surface area contributed by atoms with Gasteiger partial charge in [-0.15, -0.1) is 0 Å². The van der Waals surface area contributed by atoms with E-state index in [2.05, 4.69) is 42.5 Å². The number of nitrogens with one attached hydrogen (secondary N) is 8. The number of unbranched alkanes of at least 4 members (excludes halogenated alkanes) is 10. The van der Waals surface area contributed by atoms with Crippen molar-refractivity contribution in [3.63, 3.8) is 0 Å². The highest BCUT2D eigenvalue weighted by Crippen LogP contribution is 2.25. The van der Waals surface area contributed by atoms with Crippen molar-refractivity contribution >= 4 is 59.3 Å². The number of alkyl carbamates (subject to hydrolysis) is 1. The summed E-state index contributed by atoms with van der Waals surface area (Å²) in [6.45, 7) is -0.658. The van der Waals surface area contributed by atoms with Gasteiger partial charge in [0.25, 0.3) is 11.8 Å². The Balaban J connectivity index is 1.26. The predicted octanol–water partition coefficient (Wildman–Crippen LogP) is -2.88. The highest BCUT2D eigenvalue weighted by molar-refractivity contribution is 6.12. The first-order valence-electron chi connectivity index (χ1n) is 38.3. The van der Waals surface area contributed by atoms with Crippen molar-refractivity contribution in [3.05, 3.63) is 12.2 Å². The first-order valence-corrected chi connectivity index (χ1v) is 38.3. The van der Waals surface area contributed by atoms with Crippen LogP contribution in [-0.4, -0.2) is 314 Å². The third kappa shape index (κ3) is 40.6. The van der Waals surface area contributed by atoms with Gasteiger partial charge >= 0.3 is 6.09 Å². The largest absolute Gasteiger partial charge is 0.447 e. The number of imide groups is 1. The van der Waals surface area contributed by atoms with Gasteiger partial charge in [0.15, 0.2) is 18.9 Å². The first-order chi connectivity index (χ1) is 52.0. The van der Waals surface area contributed by atoms with Crippen LogP contribution in [0.5, 0.6) is 0 Å². The molecule has 4 aliphatic rings. The van der Waals surface area contributed by atoms with Crippen LogP contribution in [-0.2, 0) is 85.8 Å². The zero-order valence-corrected chi connectivity index (χ0v) is 62.3. The average Bonchev–Trinajstić information content (AvgIpc) is 1.24. The van der Waals surface area contributed by atoms with E-state index in [0.717, 1.165) is 37.0 Å². The fourth-order valence-electron chi connectivity index (χ4n) is 11.8. The number of aliphatic hydroxyl groups is 9. The van der Waals surface area contributed by atoms with Crippen LogP contribution in [0.25, 0.3) is 0 Å². The molecule has 0 aromatic rings. The van der Waals surface area contributed by atoms with Crippen molar-refractivity contribution < 1.29 is 137 Å². The molecule has 4 aliphatic heterocycles. The number of ether oxygens (including phenoxy) is 9. The summed E-state index contributed by atoms with van der Waals surface area (Å²) >= 11 is 0. The fraction of sp³-hybridized carbons (Fsp3) is 0.831. The summed E-state index contributed by atoms with van der Waals surface area (Å²) in [6, 6.07) is 0. The van der Waals surface area contributed by atoms with Crippen molar-refractivity contribution in [2.45, 2.75) is 253 Å². The van der Waals surface area contributed by atoms with Gasteiger partial charge in [-0.3, -0.25) is 48.1 Å². The highest BCUT2D eigenvalue weighted by Gasteiger charge is 2.40. The lowest BCUT2D eigenvalue weighted by Crippen LogP contribution is -2.59. The van der Waals surface area contributed by atoms with Gasteiger partial charge in [-0.2, -0.15) is 0 Å². The fourth-order valence-corrected chi connectivity index (χ4v) is 11.8. The number of amides is 10. The number of carbonyl (C=O) groups excluding carboxylic acids is 10. The molecule has 0 unspecified atom stereocenters. The van der Waals surface area contributed by atoms with Crippen molar-refractivity contribution in [3.8, 4) is 0 Å². The van der Waals surface area contributed by atoms with Gasteiger partial charge in [-0.05, 0) is 70.6 Å². The minimum Gasteiger partial charge on any atom is -0.447 e. The summed E-state index contributed by atoms with van der Waals surface area (Å²) in [6.07, 6.45) is 0.329. The molecule has 37 nitrogen and oxygen atoms in total. The Morgan fingerprint density at radius 2 is 0.685 bits per heavy atom. The van der Waals surface area contributed by atoms with E-state index in [9.17, 15) is 93.9 Å². The molecule has 0 radical (unpaired) electrons. The molecular formula is C71H123N9O28. The topological polar surface area (TPSA) is 535 Å². The van der Waals surface area contributed by atoms with E-state index in [1.54, 1.807) is 0 Å². The molecule has 0 spiro atoms. The van der Waals surface area contributed by atoms with Crippen molar-refractivity contribution in [2.75, 3.05) is 125 Å². The monoisotopic (exact) mass is 1550 g/mol. The number of aliphatic hydroxyl groups excluding tert-OH is 9. The van der Waals surface area contributed by atoms with Crippen LogP contribution in [0.3, 0.4) is 0 Å². The Kier molecular flexibility index (Phi) is 48.9. The van der Waals surface area contributed by atoms with Crippen LogP contribution < -0.4 is 42.5 Å². The van der Waals surface area contributed by atoms with Gasteiger partial charge in [0.2, 0.25) is 41.4 Å². The van der Waals surface area contributed by atoms with Gasteiger partial charge in [-0.25, -0.2) is 4.79 Å². The summed E-state index contributed by atoms with van der Waals surface area (Å²) in [4.78, 5) is 128. The van der Waals surface area contributed by atoms with E-state index in [-0.39, 0.29) is 192 Å². The molecule has 4 heterocycles. The molecule has 0 saturated carbocycles. The lowest BCUT2D eigenvalue weighted by Gasteiger charge is -2.36. The van der Waals surface area contributed by atoms with Gasteiger partial charge in [0, 0.05) is 149 Å². The number of hydrogen-bond acceptors (Lipinski definition) is 28. The molecule has 0 aromatic heterocycles. The van der Waals surface area contributed by atoms with Crippen molar-refractivity contribution in [1.29, 1.82) is 0 Å². The number of hydrogen-bond donors (Lipinski definition) is 17. The van der Waals surface area contributed by atoms with Crippen LogP contribution >= 0.6 is 0 Å². The number of rotatable bonds is 60. The number of nitrogens with zero attached hydrogens (tertiary/aromatic N) is 1. The van der Waals surface area contributed by atoms with E-state index in [0.29, 0.717) is 83.5 Å². The predicted molar refractivity (Wildman–Crippen MR) is 382 cm³/mol. The van der Waals surface area contributed by atoms with Gasteiger partial charge in [0.1, 0.15) is 48.8 Å². The van der Waals surface area contributed by atoms with E-state index in [4.69, 9.17) is 42.6 Å². The van der Waals surface area contributed by atoms with Crippen LogP contribution in [0.2, 0.25) is 0 Å². The van der Waals surface area contributed by atoms with Crippen LogP contribution in [0, 0.1) is 0 Å². The minimum atomic E-state index is -1.56. The van der Waals surface area contributed by atoms with Gasteiger partial charge in [0.05, 0.1) is 64.6 Å². The van der Waals surface area contributed by atoms with E-state index < -0.39 is 130 Å². The Morgan fingerprint density at radius 1 is 0.380 bits per heavy atom. The zero-order chi connectivity index (χ0) is 78.7. The molecule has 0 aliphatic carbocycles. The second-order valence-corrected chi connectivity index (χ2v) is 27.3. The summed E-state index contributed by atoms with van der Waals surface area (Å²) in [7, 11) is 0. The maximum absolute atomic E-state index is 13.9. The van der Waals surface area contributed by atoms with E-state index in [1.807, 2.05) is 0 Å². The summed E-state index contributed by atoms with van der Waals surface area (Å²) in [5, 5.41) is 110. The van der Waals surface area contributed by atoms with Crippen molar-refractivity contribution in [2.24, 2.45) is 0 Å². The molecular weight excluding hydrogens is 1430 g/mol. The Labute approximate surface area is 631 Å². The quantitative estimate of drug-likeness (QED) is 0.0215. The summed E-state index contributed by atoms with van der Waals surface area (Å²) in [5.74, 6) is -2.80. The Hall–Kier alpha value is -6.24. The second-order valence-electron chi connectivity index (χ2n) is 27.3. The normalized spacial score (nSPS) is 22.8. The minimum absolute atomic E-state index is 0.0278. The molecule has 10 amide bonds. The molecule has 3 saturated heterocycles. The third-order valence-corrected chi connectivity index (χ3v) is 18.1. The van der Waals surface area contributed by atoms with E-state index >= 15 is 0 Å². The molecule has 37 heteroatoms. The van der Waals surface area contributed by atoms with Gasteiger partial charge in [-0.1, -0.05) is 38.5 Å². The zero-order valence-electron chi connectivity index (χ0n) is 62.3. The molecule has 3 fully saturated rings. The molecule has 0 bridgehead atoms. The summed E-state index contributed by atoms with van der Waals surface area (Å²) in [5.41, 5.74) is -1.56.